The van der Waals surface area contributed by atoms with Gasteiger partial charge >= 0.3 is 5.97 Å². The fourth-order valence-corrected chi connectivity index (χ4v) is 10.1. The van der Waals surface area contributed by atoms with E-state index in [9.17, 15) is 15.0 Å². The molecule has 31 heavy (non-hydrogen) atoms. The number of carboxylic acid groups (broad SMARTS) is 1. The van der Waals surface area contributed by atoms with Crippen LogP contribution in [0.5, 0.6) is 0 Å². The third-order valence-corrected chi connectivity index (χ3v) is 11.4. The number of aliphatic hydroxyl groups excluding tert-OH is 1. The van der Waals surface area contributed by atoms with Crippen LogP contribution in [0.25, 0.3) is 0 Å². The molecule has 3 nitrogen and oxygen atoms in total. The van der Waals surface area contributed by atoms with Crippen LogP contribution in [0.1, 0.15) is 106 Å². The molecule has 0 aliphatic heterocycles. The quantitative estimate of drug-likeness (QED) is 0.515. The summed E-state index contributed by atoms with van der Waals surface area (Å²) in [5.74, 6) is 4.28. The molecule has 10 atom stereocenters. The van der Waals surface area contributed by atoms with Crippen molar-refractivity contribution in [1.29, 1.82) is 0 Å². The van der Waals surface area contributed by atoms with E-state index in [0.717, 1.165) is 37.0 Å². The first kappa shape index (κ1) is 23.6. The van der Waals surface area contributed by atoms with Gasteiger partial charge in [0, 0.05) is 6.42 Å². The van der Waals surface area contributed by atoms with Crippen molar-refractivity contribution in [2.45, 2.75) is 112 Å². The van der Waals surface area contributed by atoms with Crippen LogP contribution in [0.3, 0.4) is 0 Å². The Hall–Kier alpha value is -0.570. The Balaban J connectivity index is 1.59. The van der Waals surface area contributed by atoms with Gasteiger partial charge in [-0.3, -0.25) is 4.79 Å². The van der Waals surface area contributed by atoms with Crippen LogP contribution in [0, 0.1) is 57.7 Å². The zero-order valence-corrected chi connectivity index (χ0v) is 21.0. The maximum absolute atomic E-state index is 11.2. The molecule has 0 bridgehead atoms. The third kappa shape index (κ3) is 3.79. The molecule has 4 saturated carbocycles. The largest absolute Gasteiger partial charge is 0.481 e. The fourth-order valence-electron chi connectivity index (χ4n) is 10.1. The Bertz CT molecular complexity index is 680. The number of aliphatic carboxylic acids is 1. The van der Waals surface area contributed by atoms with Crippen LogP contribution >= 0.6 is 0 Å². The number of rotatable bonds is 4. The summed E-state index contributed by atoms with van der Waals surface area (Å²) in [5.41, 5.74) is 0.989. The SMILES string of the molecule is C[C@H](CCC(=O)O)[C@H]1CC[C@H]2[C@@H]3CC[C@@H]4C[C@H](O)CC(C(C)(C)C)[C@]4(C)[C@H]3CC[C@]12C. The molecule has 4 aliphatic rings. The molecule has 0 amide bonds. The number of fused-ring (bicyclic) bond motifs is 5. The molecule has 1 unspecified atom stereocenters. The van der Waals surface area contributed by atoms with Crippen molar-refractivity contribution in [3.8, 4) is 0 Å². The van der Waals surface area contributed by atoms with Crippen molar-refractivity contribution in [2.75, 3.05) is 0 Å². The third-order valence-electron chi connectivity index (χ3n) is 11.4. The summed E-state index contributed by atoms with van der Waals surface area (Å²) < 4.78 is 0. The van der Waals surface area contributed by atoms with Crippen LogP contribution in [0.2, 0.25) is 0 Å². The van der Waals surface area contributed by atoms with Crippen LogP contribution in [-0.2, 0) is 4.79 Å². The van der Waals surface area contributed by atoms with Gasteiger partial charge in [0.2, 0.25) is 0 Å². The van der Waals surface area contributed by atoms with Crippen LogP contribution < -0.4 is 0 Å². The van der Waals surface area contributed by atoms with E-state index >= 15 is 0 Å². The summed E-state index contributed by atoms with van der Waals surface area (Å²) in [6.07, 6.45) is 11.0. The van der Waals surface area contributed by atoms with E-state index < -0.39 is 5.97 Å². The molecule has 0 spiro atoms. The van der Waals surface area contributed by atoms with Crippen molar-refractivity contribution in [3.05, 3.63) is 0 Å². The fraction of sp³-hybridized carbons (Fsp3) is 0.964. The predicted octanol–water partition coefficient (Wildman–Crippen LogP) is 6.78. The molecule has 4 aliphatic carbocycles. The van der Waals surface area contributed by atoms with Gasteiger partial charge in [-0.05, 0) is 115 Å². The minimum atomic E-state index is -0.644. The molecule has 4 fully saturated rings. The van der Waals surface area contributed by atoms with Gasteiger partial charge in [0.15, 0.2) is 0 Å². The summed E-state index contributed by atoms with van der Waals surface area (Å²) in [6.45, 7) is 14.7. The Kier molecular flexibility index (Phi) is 6.11. The normalized spacial score (nSPS) is 48.4. The predicted molar refractivity (Wildman–Crippen MR) is 126 cm³/mol. The lowest BCUT2D eigenvalue weighted by Gasteiger charge is -2.65. The second-order valence-corrected chi connectivity index (χ2v) is 13.7. The zero-order chi connectivity index (χ0) is 22.8. The summed E-state index contributed by atoms with van der Waals surface area (Å²) in [4.78, 5) is 11.2. The lowest BCUT2D eigenvalue weighted by Crippen LogP contribution is -2.59. The van der Waals surface area contributed by atoms with Gasteiger partial charge in [0.05, 0.1) is 6.10 Å². The molecular formula is C28H48O3. The van der Waals surface area contributed by atoms with Gasteiger partial charge in [-0.2, -0.15) is 0 Å². The van der Waals surface area contributed by atoms with Gasteiger partial charge < -0.3 is 10.2 Å². The molecule has 0 saturated heterocycles. The van der Waals surface area contributed by atoms with E-state index in [0.29, 0.717) is 40.9 Å². The maximum Gasteiger partial charge on any atom is 0.303 e. The Labute approximate surface area is 190 Å². The van der Waals surface area contributed by atoms with Gasteiger partial charge in [-0.15, -0.1) is 0 Å². The molecule has 0 aromatic heterocycles. The number of carboxylic acids is 1. The van der Waals surface area contributed by atoms with E-state index in [4.69, 9.17) is 0 Å². The molecule has 0 aromatic rings. The highest BCUT2D eigenvalue weighted by Gasteiger charge is 2.63. The summed E-state index contributed by atoms with van der Waals surface area (Å²) in [5, 5.41) is 19.9. The second-order valence-electron chi connectivity index (χ2n) is 13.7. The molecule has 0 aromatic carbocycles. The molecular weight excluding hydrogens is 384 g/mol. The Morgan fingerprint density at radius 2 is 1.74 bits per heavy atom. The molecule has 178 valence electrons. The highest BCUT2D eigenvalue weighted by atomic mass is 16.4. The molecule has 0 heterocycles. The van der Waals surface area contributed by atoms with Crippen molar-refractivity contribution >= 4 is 5.97 Å². The average molecular weight is 433 g/mol. The van der Waals surface area contributed by atoms with E-state index in [1.165, 1.54) is 38.5 Å². The zero-order valence-electron chi connectivity index (χ0n) is 21.0. The van der Waals surface area contributed by atoms with Gasteiger partial charge in [-0.25, -0.2) is 0 Å². The first-order valence-electron chi connectivity index (χ1n) is 13.3. The van der Waals surface area contributed by atoms with Crippen molar-refractivity contribution in [3.63, 3.8) is 0 Å². The minimum Gasteiger partial charge on any atom is -0.481 e. The van der Waals surface area contributed by atoms with E-state index in [-0.39, 0.29) is 11.5 Å². The van der Waals surface area contributed by atoms with Crippen molar-refractivity contribution in [1.82, 2.24) is 0 Å². The van der Waals surface area contributed by atoms with Crippen molar-refractivity contribution in [2.24, 2.45) is 57.7 Å². The lowest BCUT2D eigenvalue weighted by molar-refractivity contribution is -0.179. The first-order chi connectivity index (χ1) is 14.4. The molecule has 2 N–H and O–H groups in total. The highest BCUT2D eigenvalue weighted by molar-refractivity contribution is 5.66. The van der Waals surface area contributed by atoms with Crippen LogP contribution in [0.15, 0.2) is 0 Å². The second kappa shape index (κ2) is 8.03. The van der Waals surface area contributed by atoms with Gasteiger partial charge in [0.25, 0.3) is 0 Å². The first-order valence-corrected chi connectivity index (χ1v) is 13.3. The molecule has 0 radical (unpaired) electrons. The average Bonchev–Trinajstić information content (AvgIpc) is 3.02. The van der Waals surface area contributed by atoms with Crippen LogP contribution in [0.4, 0.5) is 0 Å². The van der Waals surface area contributed by atoms with Gasteiger partial charge in [-0.1, -0.05) is 41.5 Å². The lowest BCUT2D eigenvalue weighted by atomic mass is 9.40. The Morgan fingerprint density at radius 1 is 1.03 bits per heavy atom. The standard InChI is InChI=1S/C28H48O3/c1-17(7-12-25(30)31)21-10-11-22-20-9-8-18-15-19(29)16-24(26(2,3)4)28(18,6)23(20)13-14-27(21,22)5/h17-24,29H,7-16H2,1-6H3,(H,30,31)/t17-,18-,19+,20+,21-,22+,23+,24?,27-,28+/m1/s1. The van der Waals surface area contributed by atoms with Gasteiger partial charge in [0.1, 0.15) is 0 Å². The monoisotopic (exact) mass is 432 g/mol. The van der Waals surface area contributed by atoms with E-state index in [1.54, 1.807) is 0 Å². The highest BCUT2D eigenvalue weighted by Crippen LogP contribution is 2.70. The van der Waals surface area contributed by atoms with Crippen molar-refractivity contribution < 1.29 is 15.0 Å². The van der Waals surface area contributed by atoms with Crippen LogP contribution in [-0.4, -0.2) is 22.3 Å². The van der Waals surface area contributed by atoms with E-state index in [1.807, 2.05) is 0 Å². The summed E-state index contributed by atoms with van der Waals surface area (Å²) in [7, 11) is 0. The summed E-state index contributed by atoms with van der Waals surface area (Å²) >= 11 is 0. The molecule has 4 rings (SSSR count). The minimum absolute atomic E-state index is 0.112. The topological polar surface area (TPSA) is 57.5 Å². The number of hydrogen-bond acceptors (Lipinski definition) is 2. The van der Waals surface area contributed by atoms with E-state index in [2.05, 4.69) is 41.5 Å². The maximum atomic E-state index is 11.2. The number of carbonyl (C=O) groups is 1. The number of hydrogen-bond donors (Lipinski definition) is 2. The smallest absolute Gasteiger partial charge is 0.303 e. The Morgan fingerprint density at radius 3 is 2.39 bits per heavy atom. The molecule has 3 heteroatoms. The number of aliphatic hydroxyl groups is 1. The summed E-state index contributed by atoms with van der Waals surface area (Å²) in [6, 6.07) is 0.